The number of benzene rings is 9. The van der Waals surface area contributed by atoms with Crippen LogP contribution < -0.4 is 0 Å². The van der Waals surface area contributed by atoms with E-state index in [1.165, 1.54) is 0 Å². The monoisotopic (exact) mass is 792 g/mol. The fourth-order valence-electron chi connectivity index (χ4n) is 8.98. The number of rotatable bonds is 7. The minimum atomic E-state index is 0.574. The normalized spacial score (nSPS) is 11.5. The molecular formula is C57H36N4O. The highest BCUT2D eigenvalue weighted by atomic mass is 16.3. The van der Waals surface area contributed by atoms with Crippen molar-refractivity contribution in [3.05, 3.63) is 218 Å². The van der Waals surface area contributed by atoms with Gasteiger partial charge in [0, 0.05) is 32.8 Å². The summed E-state index contributed by atoms with van der Waals surface area (Å²) in [5.41, 5.74) is 14.2. The molecule has 0 radical (unpaired) electrons. The van der Waals surface area contributed by atoms with Crippen molar-refractivity contribution in [3.63, 3.8) is 0 Å². The van der Waals surface area contributed by atoms with Gasteiger partial charge in [0.25, 0.3) is 0 Å². The summed E-state index contributed by atoms with van der Waals surface area (Å²) in [5, 5.41) is 4.43. The van der Waals surface area contributed by atoms with Crippen molar-refractivity contribution in [2.75, 3.05) is 0 Å². The lowest BCUT2D eigenvalue weighted by molar-refractivity contribution is 0.669. The van der Waals surface area contributed by atoms with Gasteiger partial charge in [-0.25, -0.2) is 15.0 Å². The Bertz CT molecular complexity index is 3560. The van der Waals surface area contributed by atoms with Crippen LogP contribution in [0.4, 0.5) is 0 Å². The number of nitrogens with zero attached hydrogens (tertiary/aromatic N) is 4. The Morgan fingerprint density at radius 3 is 1.56 bits per heavy atom. The van der Waals surface area contributed by atoms with E-state index in [1.807, 2.05) is 48.5 Å². The van der Waals surface area contributed by atoms with Crippen molar-refractivity contribution in [2.24, 2.45) is 0 Å². The highest BCUT2D eigenvalue weighted by Crippen LogP contribution is 2.44. The molecule has 0 N–H and O–H groups in total. The molecular weight excluding hydrogens is 757 g/mol. The fraction of sp³-hybridized carbons (Fsp3) is 0. The molecule has 0 fully saturated rings. The van der Waals surface area contributed by atoms with Gasteiger partial charge in [-0.2, -0.15) is 0 Å². The van der Waals surface area contributed by atoms with Crippen LogP contribution in [0.25, 0.3) is 117 Å². The highest BCUT2D eigenvalue weighted by Gasteiger charge is 2.24. The summed E-state index contributed by atoms with van der Waals surface area (Å²) in [7, 11) is 0. The van der Waals surface area contributed by atoms with Crippen molar-refractivity contribution in [2.45, 2.75) is 0 Å². The van der Waals surface area contributed by atoms with E-state index in [0.717, 1.165) is 99.5 Å². The number of furan rings is 1. The maximum atomic E-state index is 6.53. The average Bonchev–Trinajstić information content (AvgIpc) is 3.90. The summed E-state index contributed by atoms with van der Waals surface area (Å²) in [4.78, 5) is 15.8. The Kier molecular flexibility index (Phi) is 8.42. The first kappa shape index (κ1) is 35.5. The lowest BCUT2D eigenvalue weighted by Gasteiger charge is -2.18. The Hall–Kier alpha value is -8.41. The second-order valence-corrected chi connectivity index (χ2v) is 15.5. The van der Waals surface area contributed by atoms with Crippen molar-refractivity contribution in [3.8, 4) is 73.2 Å². The molecule has 0 aliphatic carbocycles. The van der Waals surface area contributed by atoms with Crippen LogP contribution in [0.5, 0.6) is 0 Å². The molecule has 0 bridgehead atoms. The van der Waals surface area contributed by atoms with Gasteiger partial charge >= 0.3 is 0 Å². The van der Waals surface area contributed by atoms with Crippen LogP contribution >= 0.6 is 0 Å². The lowest BCUT2D eigenvalue weighted by Crippen LogP contribution is -2.04. The molecule has 3 heterocycles. The average molecular weight is 793 g/mol. The molecule has 290 valence electrons. The van der Waals surface area contributed by atoms with Crippen molar-refractivity contribution >= 4 is 43.7 Å². The molecule has 12 aromatic rings. The molecule has 0 spiro atoms. The largest absolute Gasteiger partial charge is 0.456 e. The molecule has 5 heteroatoms. The zero-order valence-electron chi connectivity index (χ0n) is 33.5. The van der Waals surface area contributed by atoms with E-state index in [0.29, 0.717) is 17.5 Å². The Balaban J connectivity index is 1.21. The zero-order chi connectivity index (χ0) is 41.0. The first-order chi connectivity index (χ1) is 30.7. The smallest absolute Gasteiger partial charge is 0.166 e. The van der Waals surface area contributed by atoms with Gasteiger partial charge in [0.1, 0.15) is 11.2 Å². The van der Waals surface area contributed by atoms with Gasteiger partial charge in [-0.3, -0.25) is 0 Å². The van der Waals surface area contributed by atoms with Gasteiger partial charge < -0.3 is 8.98 Å². The minimum Gasteiger partial charge on any atom is -0.456 e. The van der Waals surface area contributed by atoms with E-state index >= 15 is 0 Å². The minimum absolute atomic E-state index is 0.574. The van der Waals surface area contributed by atoms with Crippen LogP contribution in [0, 0.1) is 0 Å². The van der Waals surface area contributed by atoms with E-state index in [-0.39, 0.29) is 0 Å². The van der Waals surface area contributed by atoms with Gasteiger partial charge in [-0.15, -0.1) is 0 Å². The molecule has 12 rings (SSSR count). The van der Waals surface area contributed by atoms with Crippen LogP contribution in [-0.4, -0.2) is 19.5 Å². The Morgan fingerprint density at radius 2 is 0.871 bits per heavy atom. The molecule has 0 aliphatic heterocycles. The third kappa shape index (κ3) is 5.98. The van der Waals surface area contributed by atoms with Crippen molar-refractivity contribution in [1.29, 1.82) is 0 Å². The molecule has 0 aliphatic rings. The number of fused-ring (bicyclic) bond motifs is 7. The molecule has 5 nitrogen and oxygen atoms in total. The fourth-order valence-corrected chi connectivity index (χ4v) is 8.98. The Labute approximate surface area is 357 Å². The van der Waals surface area contributed by atoms with Gasteiger partial charge in [-0.1, -0.05) is 176 Å². The quantitative estimate of drug-likeness (QED) is 0.161. The van der Waals surface area contributed by atoms with E-state index in [9.17, 15) is 0 Å². The molecule has 0 amide bonds. The summed E-state index contributed by atoms with van der Waals surface area (Å²) in [5.74, 6) is 1.78. The van der Waals surface area contributed by atoms with E-state index < -0.39 is 0 Å². The maximum Gasteiger partial charge on any atom is 0.166 e. The third-order valence-corrected chi connectivity index (χ3v) is 11.9. The summed E-state index contributed by atoms with van der Waals surface area (Å²) < 4.78 is 8.91. The molecule has 0 unspecified atom stereocenters. The van der Waals surface area contributed by atoms with Crippen LogP contribution in [0.3, 0.4) is 0 Å². The summed E-state index contributed by atoms with van der Waals surface area (Å²) in [6.45, 7) is 0. The standard InChI is InChI=1S/C57H36N4O/c1-5-17-37(18-6-1)41-29-31-43(38-19-7-2-8-20-38)47(35-41)42-30-33-50(48(36-42)57-59-55(39-21-9-3-10-22-39)58-56(60-57)40-23-11-4-12-24-40)61-49-27-15-13-25-44(49)45-32-34-52-53(54(45)61)46-26-14-16-28-51(46)62-52/h1-36H. The number of hydrogen-bond donors (Lipinski definition) is 0. The predicted molar refractivity (Wildman–Crippen MR) is 254 cm³/mol. The predicted octanol–water partition coefficient (Wildman–Crippen LogP) is 14.9. The van der Waals surface area contributed by atoms with Gasteiger partial charge in [-0.05, 0) is 75.8 Å². The number of hydrogen-bond acceptors (Lipinski definition) is 4. The van der Waals surface area contributed by atoms with Crippen molar-refractivity contribution in [1.82, 2.24) is 19.5 Å². The molecule has 0 saturated carbocycles. The first-order valence-electron chi connectivity index (χ1n) is 20.9. The lowest BCUT2D eigenvalue weighted by atomic mass is 9.90. The summed E-state index contributed by atoms with van der Waals surface area (Å²) >= 11 is 0. The highest BCUT2D eigenvalue weighted by molar-refractivity contribution is 6.24. The third-order valence-electron chi connectivity index (χ3n) is 11.9. The number of aromatic nitrogens is 4. The maximum absolute atomic E-state index is 6.53. The first-order valence-corrected chi connectivity index (χ1v) is 20.9. The second-order valence-electron chi connectivity index (χ2n) is 15.5. The van der Waals surface area contributed by atoms with Crippen molar-refractivity contribution < 1.29 is 4.42 Å². The van der Waals surface area contributed by atoms with E-state index in [2.05, 4.69) is 174 Å². The van der Waals surface area contributed by atoms with E-state index in [1.54, 1.807) is 0 Å². The van der Waals surface area contributed by atoms with Gasteiger partial charge in [0.15, 0.2) is 17.5 Å². The summed E-state index contributed by atoms with van der Waals surface area (Å²) in [6, 6.07) is 76.4. The second kappa shape index (κ2) is 14.7. The summed E-state index contributed by atoms with van der Waals surface area (Å²) in [6.07, 6.45) is 0. The van der Waals surface area contributed by atoms with Gasteiger partial charge in [0.05, 0.1) is 22.1 Å². The van der Waals surface area contributed by atoms with Gasteiger partial charge in [0.2, 0.25) is 0 Å². The van der Waals surface area contributed by atoms with E-state index in [4.69, 9.17) is 19.4 Å². The van der Waals surface area contributed by atoms with Crippen LogP contribution in [-0.2, 0) is 0 Å². The number of para-hydroxylation sites is 2. The SMILES string of the molecule is c1ccc(-c2ccc(-c3ccccc3)c(-c3ccc(-n4c5ccccc5c5ccc6oc7ccccc7c6c54)c(-c4nc(-c5ccccc5)nc(-c5ccccc5)n4)c3)c2)cc1. The molecule has 3 aromatic heterocycles. The molecule has 0 saturated heterocycles. The molecule has 0 atom stereocenters. The van der Waals surface area contributed by atoms with Crippen LogP contribution in [0.15, 0.2) is 223 Å². The molecule has 62 heavy (non-hydrogen) atoms. The van der Waals surface area contributed by atoms with Crippen LogP contribution in [0.1, 0.15) is 0 Å². The van der Waals surface area contributed by atoms with Crippen LogP contribution in [0.2, 0.25) is 0 Å². The Morgan fingerprint density at radius 1 is 0.323 bits per heavy atom. The molecule has 9 aromatic carbocycles. The zero-order valence-corrected chi connectivity index (χ0v) is 33.5. The topological polar surface area (TPSA) is 56.7 Å².